The number of hydrogen-bond acceptors (Lipinski definition) is 5. The van der Waals surface area contributed by atoms with Crippen LogP contribution in [0.2, 0.25) is 0 Å². The predicted octanol–water partition coefficient (Wildman–Crippen LogP) is 5.55. The number of rotatable bonds is 8. The van der Waals surface area contributed by atoms with Gasteiger partial charge in [0.2, 0.25) is 11.1 Å². The standard InChI is InChI=1S/C27H31N5OS/c1-20-14-16-31(17-15-20)24(33)13-7-8-18-34-27-28-26-25(29-30-27)22-11-5-6-12-23(22)32(26)19-21-9-3-2-4-10-21/h2-6,9-12,20H,7-8,13-19H2,1H3. The fraction of sp³-hybridized carbons (Fsp3) is 0.407. The van der Waals surface area contributed by atoms with Gasteiger partial charge in [-0.05, 0) is 43.2 Å². The molecule has 6 nitrogen and oxygen atoms in total. The summed E-state index contributed by atoms with van der Waals surface area (Å²) in [6.07, 6.45) is 4.78. The van der Waals surface area contributed by atoms with E-state index < -0.39 is 0 Å². The monoisotopic (exact) mass is 473 g/mol. The fourth-order valence-electron chi connectivity index (χ4n) is 4.63. The molecule has 0 N–H and O–H groups in total. The van der Waals surface area contributed by atoms with E-state index in [4.69, 9.17) is 4.98 Å². The Morgan fingerprint density at radius 3 is 2.59 bits per heavy atom. The summed E-state index contributed by atoms with van der Waals surface area (Å²) in [7, 11) is 0. The van der Waals surface area contributed by atoms with Gasteiger partial charge in [-0.3, -0.25) is 4.79 Å². The maximum Gasteiger partial charge on any atom is 0.222 e. The van der Waals surface area contributed by atoms with Gasteiger partial charge in [-0.2, -0.15) is 0 Å². The van der Waals surface area contributed by atoms with Crippen LogP contribution in [0.4, 0.5) is 0 Å². The van der Waals surface area contributed by atoms with Crippen LogP contribution in [0.3, 0.4) is 0 Å². The second kappa shape index (κ2) is 10.6. The summed E-state index contributed by atoms with van der Waals surface area (Å²) in [5.74, 6) is 1.94. The number of likely N-dealkylation sites (tertiary alicyclic amines) is 1. The number of nitrogens with zero attached hydrogens (tertiary/aromatic N) is 5. The van der Waals surface area contributed by atoms with Crippen molar-refractivity contribution < 1.29 is 4.79 Å². The maximum absolute atomic E-state index is 12.4. The number of piperidine rings is 1. The van der Waals surface area contributed by atoms with Crippen LogP contribution >= 0.6 is 11.8 Å². The molecule has 0 aliphatic carbocycles. The molecule has 1 saturated heterocycles. The van der Waals surface area contributed by atoms with Crippen LogP contribution in [-0.4, -0.2) is 49.4 Å². The first-order valence-electron chi connectivity index (χ1n) is 12.2. The summed E-state index contributed by atoms with van der Waals surface area (Å²) in [4.78, 5) is 19.4. The quantitative estimate of drug-likeness (QED) is 0.248. The third kappa shape index (κ3) is 5.09. The molecule has 1 aliphatic rings. The van der Waals surface area contributed by atoms with Crippen LogP contribution in [0.25, 0.3) is 22.1 Å². The van der Waals surface area contributed by atoms with Crippen molar-refractivity contribution in [1.82, 2.24) is 24.6 Å². The lowest BCUT2D eigenvalue weighted by Gasteiger charge is -2.30. The average molecular weight is 474 g/mol. The number of carbonyl (C=O) groups is 1. The summed E-state index contributed by atoms with van der Waals surface area (Å²) < 4.78 is 2.23. The molecule has 7 heteroatoms. The highest BCUT2D eigenvalue weighted by Gasteiger charge is 2.20. The molecule has 1 fully saturated rings. The number of para-hydroxylation sites is 1. The first-order valence-corrected chi connectivity index (χ1v) is 13.2. The van der Waals surface area contributed by atoms with E-state index in [9.17, 15) is 4.79 Å². The van der Waals surface area contributed by atoms with Crippen molar-refractivity contribution in [1.29, 1.82) is 0 Å². The van der Waals surface area contributed by atoms with Crippen LogP contribution in [-0.2, 0) is 11.3 Å². The Morgan fingerprint density at radius 1 is 1.00 bits per heavy atom. The zero-order valence-electron chi connectivity index (χ0n) is 19.7. The van der Waals surface area contributed by atoms with Crippen LogP contribution in [0.15, 0.2) is 59.8 Å². The molecule has 1 aliphatic heterocycles. The molecule has 2 aromatic heterocycles. The van der Waals surface area contributed by atoms with Crippen LogP contribution in [0, 0.1) is 5.92 Å². The van der Waals surface area contributed by atoms with Gasteiger partial charge in [-0.25, -0.2) is 4.98 Å². The normalized spacial score (nSPS) is 14.8. The van der Waals surface area contributed by atoms with Crippen molar-refractivity contribution >= 4 is 39.7 Å². The van der Waals surface area contributed by atoms with Crippen molar-refractivity contribution in [2.75, 3.05) is 18.8 Å². The summed E-state index contributed by atoms with van der Waals surface area (Å²) in [5, 5.41) is 10.7. The molecule has 0 unspecified atom stereocenters. The summed E-state index contributed by atoms with van der Waals surface area (Å²) in [5.41, 5.74) is 4.07. The molecule has 0 bridgehead atoms. The van der Waals surface area contributed by atoms with E-state index in [1.807, 2.05) is 17.0 Å². The zero-order chi connectivity index (χ0) is 23.3. The van der Waals surface area contributed by atoms with Crippen molar-refractivity contribution in [2.45, 2.75) is 50.7 Å². The van der Waals surface area contributed by atoms with E-state index >= 15 is 0 Å². The molecular weight excluding hydrogens is 442 g/mol. The number of unbranched alkanes of at least 4 members (excludes halogenated alkanes) is 1. The van der Waals surface area contributed by atoms with Gasteiger partial charge >= 0.3 is 0 Å². The number of carbonyl (C=O) groups excluding carboxylic acids is 1. The van der Waals surface area contributed by atoms with Gasteiger partial charge in [-0.15, -0.1) is 10.2 Å². The van der Waals surface area contributed by atoms with Gasteiger partial charge in [-0.1, -0.05) is 67.2 Å². The third-order valence-corrected chi connectivity index (χ3v) is 7.61. The Morgan fingerprint density at radius 2 is 1.76 bits per heavy atom. The topological polar surface area (TPSA) is 63.9 Å². The van der Waals surface area contributed by atoms with Gasteiger partial charge in [0, 0.05) is 37.2 Å². The lowest BCUT2D eigenvalue weighted by atomic mass is 9.99. The number of thioether (sulfide) groups is 1. The number of benzene rings is 2. The lowest BCUT2D eigenvalue weighted by molar-refractivity contribution is -0.132. The van der Waals surface area contributed by atoms with E-state index in [1.165, 1.54) is 5.56 Å². The first kappa shape index (κ1) is 22.8. The molecule has 0 radical (unpaired) electrons. The van der Waals surface area contributed by atoms with E-state index in [1.54, 1.807) is 11.8 Å². The van der Waals surface area contributed by atoms with Crippen molar-refractivity contribution in [3.05, 3.63) is 60.2 Å². The Balaban J connectivity index is 1.23. The molecule has 0 atom stereocenters. The van der Waals surface area contributed by atoms with Gasteiger partial charge in [0.05, 0.1) is 5.52 Å². The number of hydrogen-bond donors (Lipinski definition) is 0. The highest BCUT2D eigenvalue weighted by Crippen LogP contribution is 2.28. The van der Waals surface area contributed by atoms with Crippen molar-refractivity contribution in [2.24, 2.45) is 5.92 Å². The average Bonchev–Trinajstić information content (AvgIpc) is 3.18. The van der Waals surface area contributed by atoms with E-state index in [2.05, 4.69) is 64.2 Å². The Bertz CT molecular complexity index is 1260. The first-order chi connectivity index (χ1) is 16.7. The van der Waals surface area contributed by atoms with Crippen molar-refractivity contribution in [3.8, 4) is 0 Å². The maximum atomic E-state index is 12.4. The third-order valence-electron chi connectivity index (χ3n) is 6.69. The minimum Gasteiger partial charge on any atom is -0.343 e. The molecule has 2 aromatic carbocycles. The Labute approximate surface area is 204 Å². The molecule has 0 spiro atoms. The smallest absolute Gasteiger partial charge is 0.222 e. The molecular formula is C27H31N5OS. The minimum atomic E-state index is 0.307. The lowest BCUT2D eigenvalue weighted by Crippen LogP contribution is -2.37. The zero-order valence-corrected chi connectivity index (χ0v) is 20.5. The second-order valence-corrected chi connectivity index (χ2v) is 10.3. The highest BCUT2D eigenvalue weighted by molar-refractivity contribution is 7.99. The number of fused-ring (bicyclic) bond motifs is 3. The molecule has 34 heavy (non-hydrogen) atoms. The fourth-order valence-corrected chi connectivity index (χ4v) is 5.41. The van der Waals surface area contributed by atoms with E-state index in [0.29, 0.717) is 17.5 Å². The Hall–Kier alpha value is -2.93. The molecule has 4 aromatic rings. The van der Waals surface area contributed by atoms with Crippen LogP contribution in [0.1, 0.15) is 44.6 Å². The molecule has 176 valence electrons. The predicted molar refractivity (Wildman–Crippen MR) is 138 cm³/mol. The van der Waals surface area contributed by atoms with Crippen LogP contribution in [0.5, 0.6) is 0 Å². The van der Waals surface area contributed by atoms with E-state index in [0.717, 1.165) is 79.1 Å². The van der Waals surface area contributed by atoms with Gasteiger partial charge in [0.1, 0.15) is 5.52 Å². The molecule has 5 rings (SSSR count). The van der Waals surface area contributed by atoms with Gasteiger partial charge in [0.25, 0.3) is 0 Å². The SMILES string of the molecule is CC1CCN(C(=O)CCCCSc2nnc3c4ccccc4n(Cc4ccccc4)c3n2)CC1. The summed E-state index contributed by atoms with van der Waals surface area (Å²) in [6, 6.07) is 18.7. The molecule has 3 heterocycles. The second-order valence-electron chi connectivity index (χ2n) is 9.22. The number of amides is 1. The van der Waals surface area contributed by atoms with Gasteiger partial charge < -0.3 is 9.47 Å². The highest BCUT2D eigenvalue weighted by atomic mass is 32.2. The Kier molecular flexibility index (Phi) is 7.09. The summed E-state index contributed by atoms with van der Waals surface area (Å²) in [6.45, 7) is 4.86. The van der Waals surface area contributed by atoms with Crippen LogP contribution < -0.4 is 0 Å². The van der Waals surface area contributed by atoms with Gasteiger partial charge in [0.15, 0.2) is 5.65 Å². The molecule has 0 saturated carbocycles. The minimum absolute atomic E-state index is 0.307. The number of aromatic nitrogens is 4. The van der Waals surface area contributed by atoms with E-state index in [-0.39, 0.29) is 0 Å². The van der Waals surface area contributed by atoms with Crippen molar-refractivity contribution in [3.63, 3.8) is 0 Å². The molecule has 1 amide bonds. The summed E-state index contributed by atoms with van der Waals surface area (Å²) >= 11 is 1.62. The largest absolute Gasteiger partial charge is 0.343 e.